The third-order valence-corrected chi connectivity index (χ3v) is 33.2. The summed E-state index contributed by atoms with van der Waals surface area (Å²) < 4.78 is 242. The number of rotatable bonds is 26. The van der Waals surface area contributed by atoms with Gasteiger partial charge in [-0.2, -0.15) is 52.7 Å². The Morgan fingerprint density at radius 1 is 0.370 bits per heavy atom. The first-order valence-electron chi connectivity index (χ1n) is 45.1. The number of benzene rings is 4. The van der Waals surface area contributed by atoms with E-state index in [1.807, 2.05) is 168 Å². The molecule has 138 heavy (non-hydrogen) atoms. The highest BCUT2D eigenvalue weighted by atomic mass is 79.9. The average Bonchev–Trinajstić information content (AvgIpc) is 1.52. The second-order valence-corrected chi connectivity index (χ2v) is 47.4. The largest absolute Gasteiger partial charge is 0.504 e. The molecular formula is C107H119BrF12O12S6. The highest BCUT2D eigenvalue weighted by Gasteiger charge is 2.82. The lowest BCUT2D eigenvalue weighted by Crippen LogP contribution is -2.48. The van der Waals surface area contributed by atoms with E-state index >= 15 is 52.7 Å². The molecule has 746 valence electrons. The van der Waals surface area contributed by atoms with Gasteiger partial charge in [0.1, 0.15) is 22.7 Å². The molecule has 0 saturated carbocycles. The molecule has 2 N–H and O–H groups in total. The summed E-state index contributed by atoms with van der Waals surface area (Å²) in [6.07, 6.45) is 1.73. The topological polar surface area (TPSA) is 164 Å². The summed E-state index contributed by atoms with van der Waals surface area (Å²) in [4.78, 5) is 42.3. The molecule has 8 heterocycles. The Labute approximate surface area is 831 Å². The number of halogens is 13. The zero-order chi connectivity index (χ0) is 101. The molecule has 0 unspecified atom stereocenters. The van der Waals surface area contributed by atoms with E-state index in [-0.39, 0.29) is 158 Å². The standard InChI is InChI=1S/C56H62F6O7S3.C44H42F6O3S3.C6H11BrO2.CH4/c1-13-65-43(63)17-15-25-67-37-28-34-36(30-38(37)68-26-16-18-44(64)66-14-2)69-48(32-19-21-33(22-20-32)51(4,5)6)45(34)47-46(54(57,58)56(61,62)55(47,59)60)35-29-40(39-23-24-41(70-39)52(7,8)9)71-50(35)49-31(3)27-42(72-49)53(10,11)12;1-21-17-32(41(8,9)10)56-37(21)38-25(19-30(55-38)29-15-16-31(54-29)40(5,6)7)34-35(43(47,48)44(49,50)42(34,45)46)33-24-18-26(51)27(52)20-28(24)53-36(33)22-11-13-23(14-12-22)39(2,3)4;1-2-9-6(8)4-3-5-7;/h19-24,27-30H,13-18,25-26H2,1-12H3;11-20,51-52H,1-10H3;2-5H2,1H3;1H4. The van der Waals surface area contributed by atoms with Crippen LogP contribution in [0.3, 0.4) is 0 Å². The lowest BCUT2D eigenvalue weighted by Gasteiger charge is -2.26. The fourth-order valence-corrected chi connectivity index (χ4v) is 23.5. The summed E-state index contributed by atoms with van der Waals surface area (Å²) in [5.74, 6) is -36.8. The van der Waals surface area contributed by atoms with Crippen LogP contribution in [-0.4, -0.2) is 102 Å². The van der Waals surface area contributed by atoms with Crippen LogP contribution in [0, 0.1) is 13.8 Å². The molecule has 0 aliphatic heterocycles. The zero-order valence-electron chi connectivity index (χ0n) is 80.9. The Hall–Kier alpha value is -9.11. The smallest absolute Gasteiger partial charge is 0.380 e. The van der Waals surface area contributed by atoms with Crippen LogP contribution in [0.4, 0.5) is 52.7 Å². The van der Waals surface area contributed by atoms with Crippen LogP contribution in [0.5, 0.6) is 23.0 Å². The van der Waals surface area contributed by atoms with Gasteiger partial charge in [0.25, 0.3) is 0 Å². The highest BCUT2D eigenvalue weighted by molar-refractivity contribution is 9.09. The molecule has 8 aromatic heterocycles. The Kier molecular flexibility index (Phi) is 32.2. The van der Waals surface area contributed by atoms with Gasteiger partial charge in [0.15, 0.2) is 23.0 Å². The highest BCUT2D eigenvalue weighted by Crippen LogP contribution is 2.71. The number of fused-ring (bicyclic) bond motifs is 2. The van der Waals surface area contributed by atoms with E-state index in [4.69, 9.17) is 27.8 Å². The van der Waals surface area contributed by atoms with Gasteiger partial charge in [0, 0.05) is 152 Å². The SMILES string of the molecule is C.CCOC(=O)CCCBr.CCOC(=O)CCCOc1cc2oc(-c3ccc(C(C)(C)C)cc3)c(C3=C(c4cc(-c5ccc(C(C)(C)C)s5)sc4-c4sc(C(C)(C)C)cc4C)C(F)(F)C(F)(F)C3(F)F)c2cc1OCCCC(=O)OCC.Cc1cc(C(C)(C)C)sc1-c1sc(-c2ccc(C(C)(C)C)s2)cc1C1=C(c2c(-c3ccc(C(C)(C)C)cc3)oc3cc(O)c(O)cc23)C(F)(F)C(F)(F)C1(F)F. The predicted octanol–water partition coefficient (Wildman–Crippen LogP) is 34.5. The number of thiophene rings is 6. The molecule has 0 fully saturated rings. The van der Waals surface area contributed by atoms with Gasteiger partial charge in [-0.1, -0.05) is 197 Å². The number of alkyl halides is 13. The number of allylic oxidation sites excluding steroid dienone is 4. The van der Waals surface area contributed by atoms with E-state index in [9.17, 15) is 24.6 Å². The monoisotopic (exact) mass is 2090 g/mol. The minimum Gasteiger partial charge on any atom is -0.504 e. The van der Waals surface area contributed by atoms with Crippen molar-refractivity contribution in [1.82, 2.24) is 0 Å². The van der Waals surface area contributed by atoms with Crippen LogP contribution < -0.4 is 9.47 Å². The predicted molar refractivity (Wildman–Crippen MR) is 543 cm³/mol. The van der Waals surface area contributed by atoms with Gasteiger partial charge >= 0.3 is 53.4 Å². The molecule has 31 heteroatoms. The van der Waals surface area contributed by atoms with Crippen LogP contribution in [-0.2, 0) is 61.1 Å². The lowest BCUT2D eigenvalue weighted by atomic mass is 9.86. The van der Waals surface area contributed by atoms with Crippen molar-refractivity contribution < 1.29 is 110 Å². The Morgan fingerprint density at radius 2 is 0.696 bits per heavy atom. The van der Waals surface area contributed by atoms with Gasteiger partial charge < -0.3 is 42.7 Å². The number of phenolic OH excluding ortho intramolecular Hbond substituents is 2. The van der Waals surface area contributed by atoms with Crippen molar-refractivity contribution in [3.8, 4) is 84.7 Å². The van der Waals surface area contributed by atoms with E-state index < -0.39 is 109 Å². The summed E-state index contributed by atoms with van der Waals surface area (Å²) >= 11 is 10.9. The van der Waals surface area contributed by atoms with Crippen molar-refractivity contribution in [2.75, 3.05) is 38.4 Å². The van der Waals surface area contributed by atoms with E-state index in [2.05, 4.69) is 20.7 Å². The summed E-state index contributed by atoms with van der Waals surface area (Å²) in [6, 6.07) is 31.7. The van der Waals surface area contributed by atoms with Crippen LogP contribution in [0.1, 0.15) is 255 Å². The Morgan fingerprint density at radius 3 is 1.02 bits per heavy atom. The van der Waals surface area contributed by atoms with Crippen LogP contribution in [0.25, 0.3) is 106 Å². The summed E-state index contributed by atoms with van der Waals surface area (Å²) in [6.45, 7) is 45.4. The van der Waals surface area contributed by atoms with Crippen molar-refractivity contribution in [2.45, 2.75) is 273 Å². The van der Waals surface area contributed by atoms with Gasteiger partial charge in [-0.3, -0.25) is 14.4 Å². The number of carbonyl (C=O) groups is 3. The van der Waals surface area contributed by atoms with Gasteiger partial charge in [-0.05, 0) is 169 Å². The van der Waals surface area contributed by atoms with Gasteiger partial charge in [0.2, 0.25) is 0 Å². The number of carbonyl (C=O) groups excluding carboxylic acids is 3. The average molecular weight is 2100 g/mol. The molecule has 0 bridgehead atoms. The van der Waals surface area contributed by atoms with Crippen molar-refractivity contribution in [3.05, 3.63) is 185 Å². The molecule has 0 saturated heterocycles. The lowest BCUT2D eigenvalue weighted by molar-refractivity contribution is -0.254. The van der Waals surface area contributed by atoms with E-state index in [1.54, 1.807) is 76.2 Å². The van der Waals surface area contributed by atoms with E-state index in [0.29, 0.717) is 53.4 Å². The first kappa shape index (κ1) is 109. The third kappa shape index (κ3) is 21.8. The first-order chi connectivity index (χ1) is 63.5. The van der Waals surface area contributed by atoms with Crippen LogP contribution in [0.2, 0.25) is 0 Å². The maximum absolute atomic E-state index is 17.5. The van der Waals surface area contributed by atoms with Crippen molar-refractivity contribution >= 4 is 146 Å². The number of furan rings is 2. The second kappa shape index (κ2) is 40.7. The molecular weight excluding hydrogens is 1980 g/mol. The van der Waals surface area contributed by atoms with Crippen molar-refractivity contribution in [2.24, 2.45) is 0 Å². The van der Waals surface area contributed by atoms with Gasteiger partial charge in [-0.15, -0.1) is 68.0 Å². The zero-order valence-corrected chi connectivity index (χ0v) is 87.4. The second-order valence-electron chi connectivity index (χ2n) is 40.2. The molecule has 12 nitrogen and oxygen atoms in total. The molecule has 0 amide bonds. The van der Waals surface area contributed by atoms with E-state index in [0.717, 1.165) is 77.2 Å². The number of ether oxygens (including phenoxy) is 5. The number of hydrogen-bond donors (Lipinski definition) is 2. The molecule has 12 aromatic rings. The van der Waals surface area contributed by atoms with Crippen LogP contribution >= 0.6 is 84.0 Å². The molecule has 0 radical (unpaired) electrons. The first-order valence-corrected chi connectivity index (χ1v) is 51.1. The number of esters is 3. The Bertz CT molecular complexity index is 6520. The molecule has 2 aliphatic carbocycles. The summed E-state index contributed by atoms with van der Waals surface area (Å²) in [5, 5.41) is 21.3. The molecule has 0 spiro atoms. The maximum atomic E-state index is 17.5. The van der Waals surface area contributed by atoms with Gasteiger partial charge in [-0.25, -0.2) is 0 Å². The van der Waals surface area contributed by atoms with E-state index in [1.165, 1.54) is 69.6 Å². The molecule has 14 rings (SSSR count). The van der Waals surface area contributed by atoms with Crippen molar-refractivity contribution in [1.29, 1.82) is 0 Å². The Balaban J connectivity index is 0.000000247. The fraction of sp³-hybridized carbons (Fsp3) is 0.449. The van der Waals surface area contributed by atoms with Crippen LogP contribution in [0.15, 0.2) is 130 Å². The normalized spacial score (nSPS) is 15.7. The maximum Gasteiger partial charge on any atom is 0.380 e. The summed E-state index contributed by atoms with van der Waals surface area (Å²) in [7, 11) is 0. The number of phenols is 2. The molecule has 2 aliphatic rings. The minimum absolute atomic E-state index is 0. The van der Waals surface area contributed by atoms with Crippen molar-refractivity contribution in [3.63, 3.8) is 0 Å². The number of aryl methyl sites for hydroxylation is 2. The summed E-state index contributed by atoms with van der Waals surface area (Å²) in [5.41, 5.74) is -7.49. The molecule has 0 atom stereocenters. The minimum atomic E-state index is -5.92. The van der Waals surface area contributed by atoms with Gasteiger partial charge in [0.05, 0.1) is 42.8 Å². The molecule has 4 aromatic carbocycles. The number of hydrogen-bond acceptors (Lipinski definition) is 18. The fourth-order valence-electron chi connectivity index (χ4n) is 15.8. The third-order valence-electron chi connectivity index (χ3n) is 23.3. The number of aromatic hydroxyl groups is 2. The quantitative estimate of drug-likeness (QED) is 0.0132.